The van der Waals surface area contributed by atoms with Crippen molar-refractivity contribution in [1.29, 1.82) is 0 Å². The van der Waals surface area contributed by atoms with Gasteiger partial charge in [0.05, 0.1) is 11.5 Å². The molecule has 1 saturated heterocycles. The number of rotatable bonds is 4. The quantitative estimate of drug-likeness (QED) is 0.907. The van der Waals surface area contributed by atoms with Crippen molar-refractivity contribution in [2.75, 3.05) is 19.6 Å². The molecule has 1 atom stereocenters. The zero-order chi connectivity index (χ0) is 14.4. The van der Waals surface area contributed by atoms with Crippen molar-refractivity contribution < 1.29 is 4.79 Å². The molecular weight excluding hydrogens is 328 g/mol. The summed E-state index contributed by atoms with van der Waals surface area (Å²) in [6.07, 6.45) is 5.59. The number of carbonyl (C=O) groups excluding carboxylic acids is 1. The average molecular weight is 349 g/mol. The second-order valence-electron chi connectivity index (χ2n) is 6.83. The van der Waals surface area contributed by atoms with Crippen molar-refractivity contribution in [3.05, 3.63) is 33.8 Å². The summed E-state index contributed by atoms with van der Waals surface area (Å²) in [5.41, 5.74) is 2.66. The summed E-state index contributed by atoms with van der Waals surface area (Å²) >= 11 is 3.52. The molecule has 4 heteroatoms. The van der Waals surface area contributed by atoms with Crippen LogP contribution in [0.2, 0.25) is 0 Å². The SMILES string of the molecule is O=C(NC1(CN2CCC2)CC1)C1CCc2cc(Br)ccc21. The van der Waals surface area contributed by atoms with E-state index in [-0.39, 0.29) is 17.4 Å². The molecule has 21 heavy (non-hydrogen) atoms. The van der Waals surface area contributed by atoms with E-state index in [2.05, 4.69) is 44.3 Å². The van der Waals surface area contributed by atoms with E-state index in [4.69, 9.17) is 0 Å². The lowest BCUT2D eigenvalue weighted by Gasteiger charge is -2.35. The Labute approximate surface area is 134 Å². The fraction of sp³-hybridized carbons (Fsp3) is 0.588. The van der Waals surface area contributed by atoms with Crippen LogP contribution in [0.15, 0.2) is 22.7 Å². The maximum Gasteiger partial charge on any atom is 0.228 e. The van der Waals surface area contributed by atoms with Crippen molar-refractivity contribution in [3.63, 3.8) is 0 Å². The molecule has 1 amide bonds. The fourth-order valence-electron chi connectivity index (χ4n) is 3.65. The smallest absolute Gasteiger partial charge is 0.228 e. The third-order valence-corrected chi connectivity index (χ3v) is 5.71. The molecule has 0 bridgehead atoms. The average Bonchev–Trinajstić information content (AvgIpc) is 3.03. The summed E-state index contributed by atoms with van der Waals surface area (Å²) in [6.45, 7) is 3.47. The number of amides is 1. The highest BCUT2D eigenvalue weighted by Crippen LogP contribution is 2.40. The Hall–Kier alpha value is -0.870. The van der Waals surface area contributed by atoms with Crippen molar-refractivity contribution >= 4 is 21.8 Å². The Morgan fingerprint density at radius 3 is 2.86 bits per heavy atom. The Morgan fingerprint density at radius 1 is 1.38 bits per heavy atom. The number of fused-ring (bicyclic) bond motifs is 1. The van der Waals surface area contributed by atoms with Crippen LogP contribution in [-0.2, 0) is 11.2 Å². The van der Waals surface area contributed by atoms with Crippen molar-refractivity contribution in [1.82, 2.24) is 10.2 Å². The van der Waals surface area contributed by atoms with E-state index in [1.807, 2.05) is 0 Å². The van der Waals surface area contributed by atoms with Crippen LogP contribution in [0.25, 0.3) is 0 Å². The number of benzene rings is 1. The Bertz CT molecular complexity index is 578. The van der Waals surface area contributed by atoms with Crippen LogP contribution in [0.1, 0.15) is 42.7 Å². The van der Waals surface area contributed by atoms with Gasteiger partial charge >= 0.3 is 0 Å². The lowest BCUT2D eigenvalue weighted by Crippen LogP contribution is -2.50. The highest BCUT2D eigenvalue weighted by Gasteiger charge is 2.47. The number of nitrogens with one attached hydrogen (secondary N) is 1. The molecule has 2 aliphatic carbocycles. The second-order valence-corrected chi connectivity index (χ2v) is 7.75. The fourth-order valence-corrected chi connectivity index (χ4v) is 4.06. The number of aryl methyl sites for hydroxylation is 1. The molecule has 1 N–H and O–H groups in total. The van der Waals surface area contributed by atoms with Gasteiger partial charge in [0.2, 0.25) is 5.91 Å². The van der Waals surface area contributed by atoms with Crippen LogP contribution in [-0.4, -0.2) is 36.0 Å². The van der Waals surface area contributed by atoms with E-state index >= 15 is 0 Å². The summed E-state index contributed by atoms with van der Waals surface area (Å²) in [4.78, 5) is 15.2. The first-order valence-corrected chi connectivity index (χ1v) is 8.77. The summed E-state index contributed by atoms with van der Waals surface area (Å²) in [7, 11) is 0. The lowest BCUT2D eigenvalue weighted by molar-refractivity contribution is -0.123. The van der Waals surface area contributed by atoms with Gasteiger partial charge in [0.15, 0.2) is 0 Å². The lowest BCUT2D eigenvalue weighted by atomic mass is 9.99. The topological polar surface area (TPSA) is 32.3 Å². The van der Waals surface area contributed by atoms with E-state index in [0.717, 1.165) is 36.7 Å². The van der Waals surface area contributed by atoms with Crippen LogP contribution in [0.3, 0.4) is 0 Å². The van der Waals surface area contributed by atoms with Crippen molar-refractivity contribution in [2.45, 2.75) is 43.6 Å². The van der Waals surface area contributed by atoms with Crippen molar-refractivity contribution in [2.24, 2.45) is 0 Å². The molecule has 1 saturated carbocycles. The minimum absolute atomic E-state index is 0.0574. The van der Waals surface area contributed by atoms with E-state index < -0.39 is 0 Å². The first-order chi connectivity index (χ1) is 10.2. The van der Waals surface area contributed by atoms with Crippen LogP contribution in [0.4, 0.5) is 0 Å². The molecule has 4 rings (SSSR count). The Morgan fingerprint density at radius 2 is 2.19 bits per heavy atom. The van der Waals surface area contributed by atoms with E-state index in [1.54, 1.807) is 0 Å². The van der Waals surface area contributed by atoms with E-state index in [9.17, 15) is 4.79 Å². The maximum absolute atomic E-state index is 12.7. The van der Waals surface area contributed by atoms with Gasteiger partial charge in [-0.25, -0.2) is 0 Å². The van der Waals surface area contributed by atoms with Gasteiger partial charge in [0.25, 0.3) is 0 Å². The largest absolute Gasteiger partial charge is 0.349 e. The third-order valence-electron chi connectivity index (χ3n) is 5.22. The number of nitrogens with zero attached hydrogens (tertiary/aromatic N) is 1. The van der Waals surface area contributed by atoms with Crippen LogP contribution < -0.4 is 5.32 Å². The van der Waals surface area contributed by atoms with E-state index in [0.29, 0.717) is 0 Å². The molecule has 3 aliphatic rings. The van der Waals surface area contributed by atoms with Gasteiger partial charge in [-0.15, -0.1) is 0 Å². The van der Waals surface area contributed by atoms with Gasteiger partial charge < -0.3 is 10.2 Å². The highest BCUT2D eigenvalue weighted by atomic mass is 79.9. The first kappa shape index (κ1) is 13.8. The molecular formula is C17H21BrN2O. The molecule has 3 nitrogen and oxygen atoms in total. The van der Waals surface area contributed by atoms with Gasteiger partial charge in [-0.05, 0) is 68.5 Å². The van der Waals surface area contributed by atoms with Crippen LogP contribution in [0.5, 0.6) is 0 Å². The third kappa shape index (κ3) is 2.64. The molecule has 0 aromatic heterocycles. The zero-order valence-electron chi connectivity index (χ0n) is 12.2. The summed E-state index contributed by atoms with van der Waals surface area (Å²) < 4.78 is 1.11. The summed E-state index contributed by atoms with van der Waals surface area (Å²) in [6, 6.07) is 6.33. The van der Waals surface area contributed by atoms with Gasteiger partial charge in [0, 0.05) is 11.0 Å². The minimum atomic E-state index is 0.0574. The number of likely N-dealkylation sites (tertiary alicyclic amines) is 1. The number of hydrogen-bond donors (Lipinski definition) is 1. The summed E-state index contributed by atoms with van der Waals surface area (Å²) in [5.74, 6) is 0.302. The van der Waals surface area contributed by atoms with Gasteiger partial charge in [-0.1, -0.05) is 22.0 Å². The molecule has 1 aliphatic heterocycles. The number of carbonyl (C=O) groups is 1. The monoisotopic (exact) mass is 348 g/mol. The van der Waals surface area contributed by atoms with Gasteiger partial charge in [0.1, 0.15) is 0 Å². The molecule has 1 aromatic rings. The molecule has 112 valence electrons. The molecule has 2 fully saturated rings. The predicted molar refractivity (Wildman–Crippen MR) is 86.4 cm³/mol. The molecule has 1 unspecified atom stereocenters. The first-order valence-electron chi connectivity index (χ1n) is 7.98. The minimum Gasteiger partial charge on any atom is -0.349 e. The normalized spacial score (nSPS) is 26.0. The molecule has 0 radical (unpaired) electrons. The Kier molecular flexibility index (Phi) is 3.34. The summed E-state index contributed by atoms with van der Waals surface area (Å²) in [5, 5.41) is 3.37. The highest BCUT2D eigenvalue weighted by molar-refractivity contribution is 9.10. The molecule has 0 spiro atoms. The maximum atomic E-state index is 12.7. The number of hydrogen-bond acceptors (Lipinski definition) is 2. The number of halogens is 1. The van der Waals surface area contributed by atoms with Gasteiger partial charge in [-0.3, -0.25) is 4.79 Å². The molecule has 1 heterocycles. The second kappa shape index (κ2) is 5.10. The zero-order valence-corrected chi connectivity index (χ0v) is 13.8. The van der Waals surface area contributed by atoms with Crippen molar-refractivity contribution in [3.8, 4) is 0 Å². The van der Waals surface area contributed by atoms with Crippen LogP contribution in [0, 0.1) is 0 Å². The van der Waals surface area contributed by atoms with Crippen LogP contribution >= 0.6 is 15.9 Å². The standard InChI is InChI=1S/C17H21BrN2O/c18-13-3-5-14-12(10-13)2-4-15(14)16(21)19-17(6-7-17)11-20-8-1-9-20/h3,5,10,15H,1-2,4,6-9,11H2,(H,19,21). The van der Waals surface area contributed by atoms with Gasteiger partial charge in [-0.2, -0.15) is 0 Å². The van der Waals surface area contributed by atoms with E-state index in [1.165, 1.54) is 30.6 Å². The molecule has 1 aromatic carbocycles. The predicted octanol–water partition coefficient (Wildman–Crippen LogP) is 2.83. The Balaban J connectivity index is 1.44.